The average molecular weight is 283 g/mol. The first kappa shape index (κ1) is 15.4. The van der Waals surface area contributed by atoms with E-state index >= 15 is 0 Å². The van der Waals surface area contributed by atoms with E-state index in [-0.39, 0.29) is 5.78 Å². The Morgan fingerprint density at radius 3 is 2.14 bits per heavy atom. The summed E-state index contributed by atoms with van der Waals surface area (Å²) in [6, 6.07) is 19.2. The van der Waals surface area contributed by atoms with E-state index in [1.807, 2.05) is 79.7 Å². The minimum Gasteiger partial charge on any atom is -0.364 e. The lowest BCUT2D eigenvalue weighted by molar-refractivity contribution is 0.0239. The Balaban J connectivity index is 2.05. The molecule has 2 aromatic carbocycles. The summed E-state index contributed by atoms with van der Waals surface area (Å²) in [5, 5.41) is 0. The molecule has 0 aliphatic rings. The van der Waals surface area contributed by atoms with Crippen LogP contribution in [0.15, 0.2) is 60.7 Å². The van der Waals surface area contributed by atoms with Gasteiger partial charge >= 0.3 is 0 Å². The molecule has 0 aliphatic heterocycles. The molecule has 0 heterocycles. The van der Waals surface area contributed by atoms with Crippen LogP contribution in [0.4, 0.5) is 0 Å². The highest BCUT2D eigenvalue weighted by atomic mass is 16.5. The van der Waals surface area contributed by atoms with Crippen molar-refractivity contribution < 1.29 is 9.53 Å². The number of nitrogens with zero attached hydrogens (tertiary/aromatic N) is 1. The van der Waals surface area contributed by atoms with E-state index < -0.39 is 6.10 Å². The molecule has 0 saturated carbocycles. The zero-order valence-electron chi connectivity index (χ0n) is 12.5. The smallest absolute Gasteiger partial charge is 0.192 e. The third kappa shape index (κ3) is 4.81. The summed E-state index contributed by atoms with van der Waals surface area (Å²) in [7, 11) is 3.88. The van der Waals surface area contributed by atoms with Gasteiger partial charge in [0.2, 0.25) is 0 Å². The van der Waals surface area contributed by atoms with Crippen LogP contribution in [0.2, 0.25) is 0 Å². The number of hydrogen-bond donors (Lipinski definition) is 0. The lowest BCUT2D eigenvalue weighted by atomic mass is 10.1. The first-order chi connectivity index (χ1) is 10.2. The second-order valence-corrected chi connectivity index (χ2v) is 5.28. The molecule has 0 bridgehead atoms. The number of Topliss-reactive ketones (excluding diaryl/α,β-unsaturated/α-hetero) is 1. The molecule has 3 nitrogen and oxygen atoms in total. The number of likely N-dealkylation sites (N-methyl/N-ethyl adjacent to an activating group) is 1. The summed E-state index contributed by atoms with van der Waals surface area (Å²) in [4.78, 5) is 14.5. The number of ketones is 1. The largest absolute Gasteiger partial charge is 0.364 e. The summed E-state index contributed by atoms with van der Waals surface area (Å²) in [5.74, 6) is 0.0280. The molecule has 0 N–H and O–H groups in total. The predicted octanol–water partition coefficient (Wildman–Crippen LogP) is 3.02. The summed E-state index contributed by atoms with van der Waals surface area (Å²) in [6.45, 7) is 1.01. The minimum absolute atomic E-state index is 0.0280. The zero-order valence-corrected chi connectivity index (χ0v) is 12.5. The Hall–Kier alpha value is -1.97. The normalized spacial score (nSPS) is 12.3. The van der Waals surface area contributed by atoms with Gasteiger partial charge in [-0.1, -0.05) is 60.7 Å². The lowest BCUT2D eigenvalue weighted by Crippen LogP contribution is -2.35. The van der Waals surface area contributed by atoms with Gasteiger partial charge in [-0.2, -0.15) is 0 Å². The molecule has 0 amide bonds. The minimum atomic E-state index is -0.456. The Morgan fingerprint density at radius 1 is 1.00 bits per heavy atom. The Kier molecular flexibility index (Phi) is 5.67. The van der Waals surface area contributed by atoms with Gasteiger partial charge in [-0.25, -0.2) is 0 Å². The molecular weight excluding hydrogens is 262 g/mol. The topological polar surface area (TPSA) is 29.5 Å². The van der Waals surface area contributed by atoms with Gasteiger partial charge in [0, 0.05) is 12.1 Å². The number of benzene rings is 2. The van der Waals surface area contributed by atoms with Gasteiger partial charge in [0.15, 0.2) is 5.78 Å². The average Bonchev–Trinajstić information content (AvgIpc) is 2.52. The van der Waals surface area contributed by atoms with Crippen LogP contribution in [0.1, 0.15) is 15.9 Å². The third-order valence-corrected chi connectivity index (χ3v) is 3.18. The number of carbonyl (C=O) groups excluding carboxylic acids is 1. The maximum absolute atomic E-state index is 12.5. The van der Waals surface area contributed by atoms with Crippen molar-refractivity contribution in [3.05, 3.63) is 71.8 Å². The van der Waals surface area contributed by atoms with Crippen molar-refractivity contribution in [2.45, 2.75) is 12.7 Å². The Labute approximate surface area is 126 Å². The molecule has 21 heavy (non-hydrogen) atoms. The highest BCUT2D eigenvalue weighted by Gasteiger charge is 2.21. The fourth-order valence-electron chi connectivity index (χ4n) is 2.10. The number of rotatable bonds is 7. The summed E-state index contributed by atoms with van der Waals surface area (Å²) < 4.78 is 5.86. The van der Waals surface area contributed by atoms with Crippen molar-refractivity contribution in [2.24, 2.45) is 0 Å². The fourth-order valence-corrected chi connectivity index (χ4v) is 2.10. The molecule has 0 fully saturated rings. The molecule has 0 saturated heterocycles. The number of carbonyl (C=O) groups is 1. The van der Waals surface area contributed by atoms with E-state index in [9.17, 15) is 4.79 Å². The summed E-state index contributed by atoms with van der Waals surface area (Å²) in [5.41, 5.74) is 1.76. The zero-order chi connectivity index (χ0) is 15.1. The molecule has 3 heteroatoms. The summed E-state index contributed by atoms with van der Waals surface area (Å²) >= 11 is 0. The Bertz CT molecular complexity index is 552. The lowest BCUT2D eigenvalue weighted by Gasteiger charge is -2.20. The van der Waals surface area contributed by atoms with Crippen molar-refractivity contribution in [3.63, 3.8) is 0 Å². The highest BCUT2D eigenvalue weighted by Crippen LogP contribution is 2.10. The van der Waals surface area contributed by atoms with Crippen molar-refractivity contribution in [2.75, 3.05) is 20.6 Å². The van der Waals surface area contributed by atoms with Crippen molar-refractivity contribution in [1.82, 2.24) is 4.90 Å². The molecule has 1 unspecified atom stereocenters. The van der Waals surface area contributed by atoms with Gasteiger partial charge in [-0.3, -0.25) is 4.79 Å². The van der Waals surface area contributed by atoms with Crippen LogP contribution in [0, 0.1) is 0 Å². The van der Waals surface area contributed by atoms with Crippen LogP contribution < -0.4 is 0 Å². The molecular formula is C18H21NO2. The predicted molar refractivity (Wildman–Crippen MR) is 84.3 cm³/mol. The fraction of sp³-hybridized carbons (Fsp3) is 0.278. The van der Waals surface area contributed by atoms with Gasteiger partial charge in [-0.05, 0) is 19.7 Å². The van der Waals surface area contributed by atoms with Crippen molar-refractivity contribution in [3.8, 4) is 0 Å². The quantitative estimate of drug-likeness (QED) is 0.732. The number of ether oxygens (including phenoxy) is 1. The molecule has 1 atom stereocenters. The number of hydrogen-bond acceptors (Lipinski definition) is 3. The van der Waals surface area contributed by atoms with E-state index in [0.29, 0.717) is 18.7 Å². The standard InChI is InChI=1S/C18H21NO2/c1-19(2)13-17(18(20)16-11-7-4-8-12-16)21-14-15-9-5-3-6-10-15/h3-12,17H,13-14H2,1-2H3. The van der Waals surface area contributed by atoms with E-state index in [4.69, 9.17) is 4.74 Å². The Morgan fingerprint density at radius 2 is 1.57 bits per heavy atom. The maximum Gasteiger partial charge on any atom is 0.192 e. The maximum atomic E-state index is 12.5. The summed E-state index contributed by atoms with van der Waals surface area (Å²) in [6.07, 6.45) is -0.456. The van der Waals surface area contributed by atoms with E-state index in [2.05, 4.69) is 0 Å². The van der Waals surface area contributed by atoms with Gasteiger partial charge < -0.3 is 9.64 Å². The van der Waals surface area contributed by atoms with Gasteiger partial charge in [0.1, 0.15) is 6.10 Å². The second-order valence-electron chi connectivity index (χ2n) is 5.28. The molecule has 0 aromatic heterocycles. The molecule has 110 valence electrons. The van der Waals surface area contributed by atoms with Gasteiger partial charge in [0.25, 0.3) is 0 Å². The van der Waals surface area contributed by atoms with Crippen LogP contribution in [-0.4, -0.2) is 37.4 Å². The van der Waals surface area contributed by atoms with Crippen LogP contribution in [0.5, 0.6) is 0 Å². The van der Waals surface area contributed by atoms with Gasteiger partial charge in [0.05, 0.1) is 6.61 Å². The van der Waals surface area contributed by atoms with Crippen molar-refractivity contribution >= 4 is 5.78 Å². The van der Waals surface area contributed by atoms with E-state index in [0.717, 1.165) is 5.56 Å². The molecule has 0 spiro atoms. The van der Waals surface area contributed by atoms with E-state index in [1.165, 1.54) is 0 Å². The van der Waals surface area contributed by atoms with Crippen molar-refractivity contribution in [1.29, 1.82) is 0 Å². The molecule has 2 aromatic rings. The van der Waals surface area contributed by atoms with Crippen LogP contribution in [0.3, 0.4) is 0 Å². The molecule has 0 aliphatic carbocycles. The highest BCUT2D eigenvalue weighted by molar-refractivity contribution is 5.99. The molecule has 0 radical (unpaired) electrons. The van der Waals surface area contributed by atoms with Crippen LogP contribution in [-0.2, 0) is 11.3 Å². The van der Waals surface area contributed by atoms with Gasteiger partial charge in [-0.15, -0.1) is 0 Å². The first-order valence-electron chi connectivity index (χ1n) is 7.06. The van der Waals surface area contributed by atoms with Crippen LogP contribution in [0.25, 0.3) is 0 Å². The molecule has 2 rings (SSSR count). The monoisotopic (exact) mass is 283 g/mol. The van der Waals surface area contributed by atoms with E-state index in [1.54, 1.807) is 0 Å². The SMILES string of the molecule is CN(C)CC(OCc1ccccc1)C(=O)c1ccccc1. The first-order valence-corrected chi connectivity index (χ1v) is 7.06. The third-order valence-electron chi connectivity index (χ3n) is 3.18. The van der Waals surface area contributed by atoms with Crippen LogP contribution >= 0.6 is 0 Å². The second kappa shape index (κ2) is 7.72.